The number of aryl methyl sites for hydroxylation is 2. The van der Waals surface area contributed by atoms with Crippen LogP contribution in [0.5, 0.6) is 0 Å². The molecule has 25 heavy (non-hydrogen) atoms. The highest BCUT2D eigenvalue weighted by atomic mass is 16.5. The zero-order valence-corrected chi connectivity index (χ0v) is 15.3. The van der Waals surface area contributed by atoms with E-state index in [0.717, 1.165) is 29.9 Å². The van der Waals surface area contributed by atoms with Crippen LogP contribution in [0.3, 0.4) is 0 Å². The summed E-state index contributed by atoms with van der Waals surface area (Å²) in [5.74, 6) is 1.32. The van der Waals surface area contributed by atoms with Crippen LogP contribution in [0.4, 0.5) is 5.95 Å². The number of hydrogen-bond donors (Lipinski definition) is 2. The van der Waals surface area contributed by atoms with Gasteiger partial charge in [0.1, 0.15) is 11.1 Å². The molecule has 0 aromatic carbocycles. The summed E-state index contributed by atoms with van der Waals surface area (Å²) in [6.07, 6.45) is 3.30. The third kappa shape index (κ3) is 3.42. The lowest BCUT2D eigenvalue weighted by Crippen LogP contribution is -2.24. The van der Waals surface area contributed by atoms with Crippen molar-refractivity contribution >= 4 is 17.0 Å². The van der Waals surface area contributed by atoms with Crippen molar-refractivity contribution in [2.75, 3.05) is 11.9 Å². The predicted molar refractivity (Wildman–Crippen MR) is 95.9 cm³/mol. The first-order chi connectivity index (χ1) is 11.8. The quantitative estimate of drug-likeness (QED) is 0.690. The lowest BCUT2D eigenvalue weighted by atomic mass is 10.1. The Balaban J connectivity index is 1.73. The van der Waals surface area contributed by atoms with Crippen LogP contribution >= 0.6 is 0 Å². The van der Waals surface area contributed by atoms with Gasteiger partial charge >= 0.3 is 0 Å². The smallest absolute Gasteiger partial charge is 0.263 e. The average Bonchev–Trinajstić information content (AvgIpc) is 3.09. The first kappa shape index (κ1) is 17.2. The van der Waals surface area contributed by atoms with Crippen LogP contribution in [0.25, 0.3) is 11.0 Å². The predicted octanol–water partition coefficient (Wildman–Crippen LogP) is 2.52. The van der Waals surface area contributed by atoms with Gasteiger partial charge in [-0.25, -0.2) is 4.68 Å². The Bertz CT molecular complexity index is 925. The van der Waals surface area contributed by atoms with Crippen molar-refractivity contribution in [1.29, 1.82) is 0 Å². The molecule has 0 bridgehead atoms. The van der Waals surface area contributed by atoms with Crippen molar-refractivity contribution in [3.05, 3.63) is 33.6 Å². The summed E-state index contributed by atoms with van der Waals surface area (Å²) in [4.78, 5) is 19.5. The largest absolute Gasteiger partial charge is 0.361 e. The van der Waals surface area contributed by atoms with Gasteiger partial charge in [-0.2, -0.15) is 10.1 Å². The molecule has 0 saturated heterocycles. The highest BCUT2D eigenvalue weighted by molar-refractivity contribution is 5.74. The van der Waals surface area contributed by atoms with Crippen molar-refractivity contribution in [3.8, 4) is 0 Å². The number of nitrogens with zero attached hydrogens (tertiary/aromatic N) is 4. The molecule has 2 N–H and O–H groups in total. The van der Waals surface area contributed by atoms with Crippen LogP contribution in [0.1, 0.15) is 44.2 Å². The average molecular weight is 344 g/mol. The second-order valence-electron chi connectivity index (χ2n) is 7.21. The number of anilines is 1. The van der Waals surface area contributed by atoms with Crippen LogP contribution in [-0.4, -0.2) is 31.4 Å². The summed E-state index contributed by atoms with van der Waals surface area (Å²) in [7, 11) is 0. The maximum absolute atomic E-state index is 12.2. The first-order valence-corrected chi connectivity index (χ1v) is 8.41. The van der Waals surface area contributed by atoms with Crippen LogP contribution in [0, 0.1) is 13.8 Å². The molecule has 0 aliphatic carbocycles. The van der Waals surface area contributed by atoms with Gasteiger partial charge in [-0.1, -0.05) is 5.16 Å². The minimum atomic E-state index is -0.247. The topological polar surface area (TPSA) is 102 Å². The number of aromatic amines is 1. The molecule has 0 amide bonds. The molecule has 3 rings (SSSR count). The fourth-order valence-corrected chi connectivity index (χ4v) is 2.82. The van der Waals surface area contributed by atoms with Crippen LogP contribution in [0.15, 0.2) is 15.5 Å². The molecular weight excluding hydrogens is 320 g/mol. The molecule has 0 saturated carbocycles. The van der Waals surface area contributed by atoms with E-state index in [0.29, 0.717) is 23.5 Å². The van der Waals surface area contributed by atoms with E-state index in [4.69, 9.17) is 4.52 Å². The van der Waals surface area contributed by atoms with Crippen molar-refractivity contribution in [3.63, 3.8) is 0 Å². The van der Waals surface area contributed by atoms with Gasteiger partial charge in [0.2, 0.25) is 5.95 Å². The van der Waals surface area contributed by atoms with Crippen LogP contribution in [0.2, 0.25) is 0 Å². The van der Waals surface area contributed by atoms with Gasteiger partial charge in [0.05, 0.1) is 17.4 Å². The second kappa shape index (κ2) is 6.34. The molecule has 0 atom stereocenters. The molecule has 0 unspecified atom stereocenters. The normalized spacial score (nSPS) is 12.0. The Morgan fingerprint density at radius 2 is 2.08 bits per heavy atom. The Kier molecular flexibility index (Phi) is 4.36. The van der Waals surface area contributed by atoms with E-state index in [9.17, 15) is 4.79 Å². The molecule has 3 aromatic heterocycles. The number of hydrogen-bond acceptors (Lipinski definition) is 6. The fraction of sp³-hybridized carbons (Fsp3) is 0.529. The van der Waals surface area contributed by atoms with Crippen molar-refractivity contribution in [1.82, 2.24) is 24.9 Å². The molecule has 0 aliphatic heterocycles. The maximum atomic E-state index is 12.2. The molecule has 0 aliphatic rings. The molecule has 0 radical (unpaired) electrons. The molecule has 8 nitrogen and oxygen atoms in total. The van der Waals surface area contributed by atoms with Crippen molar-refractivity contribution in [2.45, 2.75) is 53.0 Å². The summed E-state index contributed by atoms with van der Waals surface area (Å²) in [6.45, 7) is 10.6. The molecular formula is C17H24N6O2. The number of H-pyrrole nitrogens is 1. The molecule has 8 heteroatoms. The summed E-state index contributed by atoms with van der Waals surface area (Å²) in [5, 5.41) is 12.0. The van der Waals surface area contributed by atoms with Gasteiger partial charge in [-0.15, -0.1) is 0 Å². The third-order valence-corrected chi connectivity index (χ3v) is 4.15. The lowest BCUT2D eigenvalue weighted by molar-refractivity contribution is 0.366. The Morgan fingerprint density at radius 1 is 1.32 bits per heavy atom. The lowest BCUT2D eigenvalue weighted by Gasteiger charge is -2.19. The van der Waals surface area contributed by atoms with Crippen molar-refractivity contribution in [2.24, 2.45) is 0 Å². The van der Waals surface area contributed by atoms with Crippen LogP contribution < -0.4 is 10.9 Å². The molecule has 3 heterocycles. The van der Waals surface area contributed by atoms with Gasteiger partial charge in [0.25, 0.3) is 5.56 Å². The summed E-state index contributed by atoms with van der Waals surface area (Å²) in [6, 6.07) is 0. The Morgan fingerprint density at radius 3 is 2.72 bits per heavy atom. The number of fused-ring (bicyclic) bond motifs is 1. The highest BCUT2D eigenvalue weighted by Gasteiger charge is 2.19. The second-order valence-corrected chi connectivity index (χ2v) is 7.21. The van der Waals surface area contributed by atoms with E-state index in [-0.39, 0.29) is 11.1 Å². The number of nitrogens with one attached hydrogen (secondary N) is 2. The first-order valence-electron chi connectivity index (χ1n) is 8.41. The van der Waals surface area contributed by atoms with E-state index >= 15 is 0 Å². The van der Waals surface area contributed by atoms with Gasteiger partial charge in [0.15, 0.2) is 5.65 Å². The van der Waals surface area contributed by atoms with E-state index in [2.05, 4.69) is 25.5 Å². The monoisotopic (exact) mass is 344 g/mol. The Hall–Kier alpha value is -2.64. The SMILES string of the molecule is Cc1noc(C)c1CCCNc1nc2c(cnn2C(C)(C)C)c(=O)[nH]1. The zero-order valence-electron chi connectivity index (χ0n) is 15.3. The minimum absolute atomic E-state index is 0.186. The number of aromatic nitrogens is 5. The van der Waals surface area contributed by atoms with Gasteiger partial charge < -0.3 is 9.84 Å². The highest BCUT2D eigenvalue weighted by Crippen LogP contribution is 2.19. The molecule has 134 valence electrons. The molecule has 0 fully saturated rings. The Labute approximate surface area is 145 Å². The fourth-order valence-electron chi connectivity index (χ4n) is 2.82. The summed E-state index contributed by atoms with van der Waals surface area (Å²) >= 11 is 0. The van der Waals surface area contributed by atoms with Gasteiger partial charge in [-0.05, 0) is 47.5 Å². The van der Waals surface area contributed by atoms with E-state index in [1.54, 1.807) is 10.9 Å². The zero-order chi connectivity index (χ0) is 18.2. The minimum Gasteiger partial charge on any atom is -0.361 e. The summed E-state index contributed by atoms with van der Waals surface area (Å²) < 4.78 is 6.94. The van der Waals surface area contributed by atoms with Gasteiger partial charge in [0, 0.05) is 12.1 Å². The van der Waals surface area contributed by atoms with Crippen molar-refractivity contribution < 1.29 is 4.52 Å². The third-order valence-electron chi connectivity index (χ3n) is 4.15. The van der Waals surface area contributed by atoms with E-state index in [1.165, 1.54) is 0 Å². The van der Waals surface area contributed by atoms with Gasteiger partial charge in [-0.3, -0.25) is 9.78 Å². The molecule has 3 aromatic rings. The van der Waals surface area contributed by atoms with E-state index in [1.807, 2.05) is 34.6 Å². The van der Waals surface area contributed by atoms with E-state index < -0.39 is 0 Å². The maximum Gasteiger partial charge on any atom is 0.263 e. The van der Waals surface area contributed by atoms with Crippen LogP contribution in [-0.2, 0) is 12.0 Å². The number of rotatable bonds is 5. The summed E-state index contributed by atoms with van der Waals surface area (Å²) in [5.41, 5.74) is 2.23. The standard InChI is InChI=1S/C17H24N6O2/c1-10-12(11(2)25-22-10)7-6-8-18-16-20-14-13(15(24)21-16)9-19-23(14)17(3,4)5/h9H,6-8H2,1-5H3,(H2,18,20,21,24). The molecule has 0 spiro atoms.